The van der Waals surface area contributed by atoms with Gasteiger partial charge in [0.1, 0.15) is 5.78 Å². The van der Waals surface area contributed by atoms with Gasteiger partial charge in [-0.1, -0.05) is 32.6 Å². The number of carbonyl (C=O) groups is 1. The van der Waals surface area contributed by atoms with Crippen molar-refractivity contribution in [2.45, 2.75) is 78.2 Å². The molecular formula is C16H32ClNO. The average molecular weight is 290 g/mol. The second kappa shape index (κ2) is 12.9. The number of nitrogens with zero attached hydrogens (tertiary/aromatic N) is 1. The third kappa shape index (κ3) is 11.4. The van der Waals surface area contributed by atoms with E-state index in [1.807, 2.05) is 0 Å². The summed E-state index contributed by atoms with van der Waals surface area (Å²) in [6.07, 6.45) is 9.32. The lowest BCUT2D eigenvalue weighted by atomic mass is 10.1. The number of hydrogen-bond donors (Lipinski definition) is 0. The highest BCUT2D eigenvalue weighted by atomic mass is 35.5. The van der Waals surface area contributed by atoms with Gasteiger partial charge in [-0.3, -0.25) is 4.90 Å². The van der Waals surface area contributed by atoms with E-state index in [1.165, 1.54) is 38.6 Å². The Morgan fingerprint density at radius 1 is 1.11 bits per heavy atom. The first-order valence-electron chi connectivity index (χ1n) is 7.91. The lowest BCUT2D eigenvalue weighted by Crippen LogP contribution is -2.35. The van der Waals surface area contributed by atoms with Crippen LogP contribution in [0.1, 0.15) is 72.1 Å². The molecule has 0 aliphatic heterocycles. The normalized spacial score (nSPS) is 12.9. The molecule has 0 amide bonds. The highest BCUT2D eigenvalue weighted by Gasteiger charge is 2.12. The predicted octanol–water partition coefficient (Wildman–Crippen LogP) is 4.65. The molecule has 0 aromatic carbocycles. The fraction of sp³-hybridized carbons (Fsp3) is 0.938. The molecule has 1 atom stereocenters. The lowest BCUT2D eigenvalue weighted by molar-refractivity contribution is -0.117. The minimum absolute atomic E-state index is 0.310. The van der Waals surface area contributed by atoms with Gasteiger partial charge in [-0.15, -0.1) is 11.6 Å². The Morgan fingerprint density at radius 2 is 1.84 bits per heavy atom. The van der Waals surface area contributed by atoms with Gasteiger partial charge in [-0.2, -0.15) is 0 Å². The zero-order chi connectivity index (χ0) is 14.5. The third-order valence-corrected chi connectivity index (χ3v) is 3.86. The van der Waals surface area contributed by atoms with Crippen molar-refractivity contribution in [1.29, 1.82) is 0 Å². The van der Waals surface area contributed by atoms with Crippen LogP contribution in [0.5, 0.6) is 0 Å². The van der Waals surface area contributed by atoms with Crippen molar-refractivity contribution >= 4 is 17.4 Å². The van der Waals surface area contributed by atoms with E-state index in [1.54, 1.807) is 6.92 Å². The number of alkyl halides is 1. The quantitative estimate of drug-likeness (QED) is 0.363. The second-order valence-corrected chi connectivity index (χ2v) is 5.96. The van der Waals surface area contributed by atoms with E-state index >= 15 is 0 Å². The van der Waals surface area contributed by atoms with Gasteiger partial charge < -0.3 is 4.79 Å². The summed E-state index contributed by atoms with van der Waals surface area (Å²) in [7, 11) is 0. The smallest absolute Gasteiger partial charge is 0.129 e. The van der Waals surface area contributed by atoms with E-state index in [0.29, 0.717) is 17.7 Å². The van der Waals surface area contributed by atoms with Crippen LogP contribution in [0.25, 0.3) is 0 Å². The second-order valence-electron chi connectivity index (χ2n) is 5.58. The maximum absolute atomic E-state index is 10.9. The first-order valence-corrected chi connectivity index (χ1v) is 8.44. The Kier molecular flexibility index (Phi) is 12.9. The molecule has 0 rings (SSSR count). The average Bonchev–Trinajstić information content (AvgIpc) is 2.38. The SMILES string of the molecule is CCCCCCN(CCCl)C(C)CCCCC(C)=O. The minimum Gasteiger partial charge on any atom is -0.300 e. The number of halogens is 1. The predicted molar refractivity (Wildman–Crippen MR) is 85.0 cm³/mol. The maximum atomic E-state index is 10.9. The van der Waals surface area contributed by atoms with Crippen LogP contribution in [0.3, 0.4) is 0 Å². The van der Waals surface area contributed by atoms with Gasteiger partial charge in [0.05, 0.1) is 0 Å². The largest absolute Gasteiger partial charge is 0.300 e. The van der Waals surface area contributed by atoms with Crippen LogP contribution in [-0.4, -0.2) is 35.7 Å². The van der Waals surface area contributed by atoms with Crippen molar-refractivity contribution in [3.8, 4) is 0 Å². The summed E-state index contributed by atoms with van der Waals surface area (Å²) in [5.41, 5.74) is 0. The van der Waals surface area contributed by atoms with Gasteiger partial charge in [0, 0.05) is 24.9 Å². The van der Waals surface area contributed by atoms with Crippen LogP contribution in [0.4, 0.5) is 0 Å². The number of rotatable bonds is 13. The van der Waals surface area contributed by atoms with Crippen molar-refractivity contribution in [3.05, 3.63) is 0 Å². The van der Waals surface area contributed by atoms with Crippen LogP contribution < -0.4 is 0 Å². The summed E-state index contributed by atoms with van der Waals surface area (Å²) in [5.74, 6) is 1.02. The number of unbranched alkanes of at least 4 members (excludes halogenated alkanes) is 4. The Bertz CT molecular complexity index is 221. The molecule has 0 heterocycles. The third-order valence-electron chi connectivity index (χ3n) is 3.69. The molecule has 0 N–H and O–H groups in total. The van der Waals surface area contributed by atoms with E-state index in [-0.39, 0.29) is 0 Å². The van der Waals surface area contributed by atoms with Gasteiger partial charge in [0.2, 0.25) is 0 Å². The monoisotopic (exact) mass is 289 g/mol. The van der Waals surface area contributed by atoms with Gasteiger partial charge in [0.15, 0.2) is 0 Å². The van der Waals surface area contributed by atoms with Crippen molar-refractivity contribution in [3.63, 3.8) is 0 Å². The molecule has 0 aromatic rings. The number of carbonyl (C=O) groups excluding carboxylic acids is 1. The molecule has 0 fully saturated rings. The van der Waals surface area contributed by atoms with E-state index in [9.17, 15) is 4.79 Å². The molecule has 114 valence electrons. The van der Waals surface area contributed by atoms with E-state index < -0.39 is 0 Å². The summed E-state index contributed by atoms with van der Waals surface area (Å²) in [6.45, 7) is 8.37. The molecule has 0 aliphatic rings. The summed E-state index contributed by atoms with van der Waals surface area (Å²) < 4.78 is 0. The molecule has 0 bridgehead atoms. The maximum Gasteiger partial charge on any atom is 0.129 e. The summed E-state index contributed by atoms with van der Waals surface area (Å²) in [5, 5.41) is 0. The van der Waals surface area contributed by atoms with Crippen LogP contribution >= 0.6 is 11.6 Å². The van der Waals surface area contributed by atoms with E-state index in [2.05, 4.69) is 18.7 Å². The zero-order valence-electron chi connectivity index (χ0n) is 13.1. The lowest BCUT2D eigenvalue weighted by Gasteiger charge is -2.28. The molecule has 19 heavy (non-hydrogen) atoms. The van der Waals surface area contributed by atoms with E-state index in [0.717, 1.165) is 25.8 Å². The first kappa shape index (κ1) is 18.9. The topological polar surface area (TPSA) is 20.3 Å². The van der Waals surface area contributed by atoms with Gasteiger partial charge in [0.25, 0.3) is 0 Å². The standard InChI is InChI=1S/C16H32ClNO/c1-4-5-6-9-13-18(14-12-17)15(2)10-7-8-11-16(3)19/h15H,4-14H2,1-3H3. The summed E-state index contributed by atoms with van der Waals surface area (Å²) >= 11 is 5.90. The molecule has 3 heteroatoms. The van der Waals surface area contributed by atoms with Crippen LogP contribution in [0.15, 0.2) is 0 Å². The molecule has 0 radical (unpaired) electrons. The fourth-order valence-corrected chi connectivity index (χ4v) is 2.62. The highest BCUT2D eigenvalue weighted by Crippen LogP contribution is 2.12. The van der Waals surface area contributed by atoms with Gasteiger partial charge >= 0.3 is 0 Å². The Morgan fingerprint density at radius 3 is 2.42 bits per heavy atom. The first-order chi connectivity index (χ1) is 9.11. The van der Waals surface area contributed by atoms with Crippen molar-refractivity contribution in [2.24, 2.45) is 0 Å². The van der Waals surface area contributed by atoms with Crippen molar-refractivity contribution < 1.29 is 4.79 Å². The number of Topliss-reactive ketones (excluding diaryl/α,β-unsaturated/α-hetero) is 1. The molecule has 0 aromatic heterocycles. The Balaban J connectivity index is 3.82. The number of hydrogen-bond acceptors (Lipinski definition) is 2. The summed E-state index contributed by atoms with van der Waals surface area (Å²) in [6, 6.07) is 0.590. The number of ketones is 1. The van der Waals surface area contributed by atoms with Crippen LogP contribution in [0, 0.1) is 0 Å². The van der Waals surface area contributed by atoms with Crippen LogP contribution in [-0.2, 0) is 4.79 Å². The highest BCUT2D eigenvalue weighted by molar-refractivity contribution is 6.18. The molecule has 0 saturated carbocycles. The Labute approximate surface area is 124 Å². The van der Waals surface area contributed by atoms with E-state index in [4.69, 9.17) is 11.6 Å². The molecule has 2 nitrogen and oxygen atoms in total. The molecular weight excluding hydrogens is 258 g/mol. The minimum atomic E-state index is 0.310. The molecule has 0 saturated heterocycles. The summed E-state index contributed by atoms with van der Waals surface area (Å²) in [4.78, 5) is 13.4. The molecule has 1 unspecified atom stereocenters. The fourth-order valence-electron chi connectivity index (χ4n) is 2.40. The molecule has 0 spiro atoms. The van der Waals surface area contributed by atoms with Crippen molar-refractivity contribution in [2.75, 3.05) is 19.0 Å². The Hall–Kier alpha value is -0.0800. The van der Waals surface area contributed by atoms with Gasteiger partial charge in [-0.05, 0) is 39.7 Å². The van der Waals surface area contributed by atoms with Crippen molar-refractivity contribution in [1.82, 2.24) is 4.90 Å². The van der Waals surface area contributed by atoms with Crippen LogP contribution in [0.2, 0.25) is 0 Å². The zero-order valence-corrected chi connectivity index (χ0v) is 13.8. The molecule has 0 aliphatic carbocycles. The van der Waals surface area contributed by atoms with Gasteiger partial charge in [-0.25, -0.2) is 0 Å².